The summed E-state index contributed by atoms with van der Waals surface area (Å²) in [6.45, 7) is 3.76. The van der Waals surface area contributed by atoms with E-state index in [1.54, 1.807) is 23.2 Å². The average Bonchev–Trinajstić information content (AvgIpc) is 2.84. The Labute approximate surface area is 135 Å². The van der Waals surface area contributed by atoms with E-state index in [1.807, 2.05) is 49.7 Å². The number of carbonyl (C=O) groups is 1. The minimum Gasteiger partial charge on any atom is -0.289 e. The van der Waals surface area contributed by atoms with E-state index in [9.17, 15) is 4.79 Å². The van der Waals surface area contributed by atoms with Crippen molar-refractivity contribution in [3.63, 3.8) is 0 Å². The minimum absolute atomic E-state index is 0.0547. The molecule has 1 aliphatic carbocycles. The summed E-state index contributed by atoms with van der Waals surface area (Å²) in [6.07, 6.45) is 17.4. The van der Waals surface area contributed by atoms with Crippen molar-refractivity contribution in [3.8, 4) is 11.1 Å². The summed E-state index contributed by atoms with van der Waals surface area (Å²) in [5.74, 6) is -0.0547. The molecule has 0 N–H and O–H groups in total. The molecule has 0 fully saturated rings. The molecule has 0 bridgehead atoms. The molecule has 0 saturated carbocycles. The average molecular weight is 303 g/mol. The van der Waals surface area contributed by atoms with E-state index in [2.05, 4.69) is 16.7 Å². The van der Waals surface area contributed by atoms with Crippen molar-refractivity contribution in [2.24, 2.45) is 7.05 Å². The van der Waals surface area contributed by atoms with Crippen LogP contribution in [0.2, 0.25) is 0 Å². The van der Waals surface area contributed by atoms with Gasteiger partial charge in [0.1, 0.15) is 0 Å². The second-order valence-corrected chi connectivity index (χ2v) is 5.28. The molecule has 0 unspecified atom stereocenters. The maximum Gasteiger partial charge on any atom is 0.195 e. The van der Waals surface area contributed by atoms with Crippen molar-refractivity contribution in [1.29, 1.82) is 0 Å². The highest BCUT2D eigenvalue weighted by Gasteiger charge is 2.16. The molecule has 2 aromatic heterocycles. The van der Waals surface area contributed by atoms with Gasteiger partial charge in [0.05, 0.1) is 11.9 Å². The lowest BCUT2D eigenvalue weighted by Crippen LogP contribution is -2.06. The van der Waals surface area contributed by atoms with Gasteiger partial charge in [-0.05, 0) is 18.6 Å². The van der Waals surface area contributed by atoms with Gasteiger partial charge in [-0.2, -0.15) is 5.10 Å². The zero-order chi connectivity index (χ0) is 16.2. The molecule has 2 aromatic rings. The van der Waals surface area contributed by atoms with Gasteiger partial charge in [-0.25, -0.2) is 0 Å². The van der Waals surface area contributed by atoms with Gasteiger partial charge in [-0.15, -0.1) is 0 Å². The fourth-order valence-corrected chi connectivity index (χ4v) is 2.43. The van der Waals surface area contributed by atoms with E-state index in [4.69, 9.17) is 0 Å². The van der Waals surface area contributed by atoms with Crippen molar-refractivity contribution in [1.82, 2.24) is 14.8 Å². The smallest absolute Gasteiger partial charge is 0.195 e. The third-order valence-electron chi connectivity index (χ3n) is 3.64. The Bertz CT molecular complexity index is 853. The Morgan fingerprint density at radius 3 is 2.91 bits per heavy atom. The molecular formula is C19H17N3O. The van der Waals surface area contributed by atoms with Crippen LogP contribution in [0.5, 0.6) is 0 Å². The summed E-state index contributed by atoms with van der Waals surface area (Å²) in [7, 11) is 1.86. The number of hydrogen-bond acceptors (Lipinski definition) is 3. The number of Topliss-reactive ketones (excluding diaryl/α,β-unsaturated/α-hetero) is 1. The maximum absolute atomic E-state index is 12.9. The van der Waals surface area contributed by atoms with Crippen LogP contribution in [0.25, 0.3) is 17.2 Å². The molecule has 0 spiro atoms. The summed E-state index contributed by atoms with van der Waals surface area (Å²) in [6, 6.07) is 1.85. The number of carbonyl (C=O) groups excluding carboxylic acids is 1. The lowest BCUT2D eigenvalue weighted by Gasteiger charge is -2.07. The number of hydrogen-bond donors (Lipinski definition) is 0. The zero-order valence-corrected chi connectivity index (χ0v) is 12.9. The summed E-state index contributed by atoms with van der Waals surface area (Å²) in [4.78, 5) is 17.2. The number of nitrogens with zero attached hydrogens (tertiary/aromatic N) is 3. The normalized spacial score (nSPS) is 13.5. The van der Waals surface area contributed by atoms with Crippen LogP contribution in [0.1, 0.15) is 22.5 Å². The fraction of sp³-hybridized carbons (Fsp3) is 0.105. The second kappa shape index (κ2) is 6.40. The van der Waals surface area contributed by atoms with Crippen LogP contribution in [0, 0.1) is 0 Å². The zero-order valence-electron chi connectivity index (χ0n) is 12.9. The number of aromatic nitrogens is 3. The Kier molecular flexibility index (Phi) is 4.15. The summed E-state index contributed by atoms with van der Waals surface area (Å²) >= 11 is 0. The van der Waals surface area contributed by atoms with Gasteiger partial charge in [0.2, 0.25) is 0 Å². The third-order valence-corrected chi connectivity index (χ3v) is 3.64. The van der Waals surface area contributed by atoms with Gasteiger partial charge in [-0.3, -0.25) is 14.5 Å². The summed E-state index contributed by atoms with van der Waals surface area (Å²) in [5.41, 5.74) is 3.57. The van der Waals surface area contributed by atoms with E-state index >= 15 is 0 Å². The van der Waals surface area contributed by atoms with E-state index in [0.29, 0.717) is 16.8 Å². The minimum atomic E-state index is -0.0547. The van der Waals surface area contributed by atoms with Crippen molar-refractivity contribution in [2.45, 2.75) is 6.42 Å². The Hall–Kier alpha value is -3.01. The first-order chi connectivity index (χ1) is 11.2. The van der Waals surface area contributed by atoms with Gasteiger partial charge in [0, 0.05) is 41.7 Å². The highest BCUT2D eigenvalue weighted by atomic mass is 16.1. The Morgan fingerprint density at radius 1 is 1.30 bits per heavy atom. The van der Waals surface area contributed by atoms with E-state index < -0.39 is 0 Å². The summed E-state index contributed by atoms with van der Waals surface area (Å²) < 4.78 is 1.72. The molecule has 4 nitrogen and oxygen atoms in total. The number of rotatable bonds is 4. The van der Waals surface area contributed by atoms with Gasteiger partial charge in [0.15, 0.2) is 5.78 Å². The molecule has 2 heterocycles. The van der Waals surface area contributed by atoms with Gasteiger partial charge in [0.25, 0.3) is 0 Å². The van der Waals surface area contributed by atoms with Crippen LogP contribution in [-0.2, 0) is 7.05 Å². The van der Waals surface area contributed by atoms with Crippen LogP contribution in [0.4, 0.5) is 0 Å². The molecule has 0 aromatic carbocycles. The van der Waals surface area contributed by atoms with Gasteiger partial charge < -0.3 is 0 Å². The first-order valence-corrected chi connectivity index (χ1v) is 7.38. The molecule has 0 saturated heterocycles. The predicted octanol–water partition coefficient (Wildman–Crippen LogP) is 3.75. The van der Waals surface area contributed by atoms with Crippen molar-refractivity contribution >= 4 is 11.9 Å². The van der Waals surface area contributed by atoms with Crippen molar-refractivity contribution in [3.05, 3.63) is 78.4 Å². The van der Waals surface area contributed by atoms with Gasteiger partial charge >= 0.3 is 0 Å². The van der Waals surface area contributed by atoms with Crippen molar-refractivity contribution < 1.29 is 4.79 Å². The van der Waals surface area contributed by atoms with Crippen molar-refractivity contribution in [2.75, 3.05) is 0 Å². The maximum atomic E-state index is 12.9. The first-order valence-electron chi connectivity index (χ1n) is 7.38. The molecule has 0 amide bonds. The molecule has 1 aliphatic rings. The fourth-order valence-electron chi connectivity index (χ4n) is 2.43. The van der Waals surface area contributed by atoms with Crippen LogP contribution >= 0.6 is 0 Å². The Morgan fingerprint density at radius 2 is 2.17 bits per heavy atom. The highest BCUT2D eigenvalue weighted by Crippen LogP contribution is 2.23. The lowest BCUT2D eigenvalue weighted by atomic mass is 9.98. The standard InChI is InChI=1S/C19H17N3O/c1-3-18-17(19(23)14-8-6-4-5-7-9-14)10-15(11-20-18)16-12-21-22(2)13-16/h3-4,6-13H,1,5H2,2H3. The van der Waals surface area contributed by atoms with Gasteiger partial charge in [-0.1, -0.05) is 37.0 Å². The summed E-state index contributed by atoms with van der Waals surface area (Å²) in [5, 5.41) is 4.16. The third kappa shape index (κ3) is 3.11. The molecule has 0 atom stereocenters. The molecule has 23 heavy (non-hydrogen) atoms. The highest BCUT2D eigenvalue weighted by molar-refractivity contribution is 6.12. The molecule has 0 aliphatic heterocycles. The number of aryl methyl sites for hydroxylation is 1. The van der Waals surface area contributed by atoms with Crippen LogP contribution in [0.15, 0.2) is 67.2 Å². The molecular weight excluding hydrogens is 286 g/mol. The van der Waals surface area contributed by atoms with E-state index in [-0.39, 0.29) is 5.78 Å². The molecule has 0 radical (unpaired) electrons. The molecule has 114 valence electrons. The van der Waals surface area contributed by atoms with Crippen LogP contribution in [-0.4, -0.2) is 20.5 Å². The number of pyridine rings is 1. The van der Waals surface area contributed by atoms with E-state index in [1.165, 1.54) is 0 Å². The first kappa shape index (κ1) is 14.9. The number of ketones is 1. The quantitative estimate of drug-likeness (QED) is 0.808. The molecule has 3 rings (SSSR count). The second-order valence-electron chi connectivity index (χ2n) is 5.28. The predicted molar refractivity (Wildman–Crippen MR) is 91.8 cm³/mol. The number of allylic oxidation sites excluding steroid dienone is 6. The SMILES string of the molecule is C=Cc1ncc(-c2cnn(C)c2)cc1C(=O)C1=CC=CCC=C1. The molecule has 4 heteroatoms. The topological polar surface area (TPSA) is 47.8 Å². The Balaban J connectivity index is 2.06. The van der Waals surface area contributed by atoms with Crippen LogP contribution in [0.3, 0.4) is 0 Å². The van der Waals surface area contributed by atoms with Crippen LogP contribution < -0.4 is 0 Å². The largest absolute Gasteiger partial charge is 0.289 e. The van der Waals surface area contributed by atoms with E-state index in [0.717, 1.165) is 17.5 Å². The monoisotopic (exact) mass is 303 g/mol. The lowest BCUT2D eigenvalue weighted by molar-refractivity contribution is 0.103.